The molecule has 1 aromatic heterocycles. The van der Waals surface area contributed by atoms with Crippen molar-refractivity contribution in [2.24, 2.45) is 5.10 Å². The van der Waals surface area contributed by atoms with Crippen LogP contribution in [0.3, 0.4) is 0 Å². The molecular weight excluding hydrogens is 148 g/mol. The molecule has 1 aliphatic heterocycles. The van der Waals surface area contributed by atoms with Crippen molar-refractivity contribution in [2.45, 2.75) is 4.90 Å². The SMILES string of the molecule is C1=NNSc2cncnc21. The van der Waals surface area contributed by atoms with Crippen LogP contribution in [-0.2, 0) is 0 Å². The van der Waals surface area contributed by atoms with E-state index in [0.717, 1.165) is 10.6 Å². The van der Waals surface area contributed by atoms with Gasteiger partial charge in [0.2, 0.25) is 0 Å². The molecule has 50 valence electrons. The third-order valence-corrected chi connectivity index (χ3v) is 1.83. The lowest BCUT2D eigenvalue weighted by molar-refractivity contribution is 1.03. The summed E-state index contributed by atoms with van der Waals surface area (Å²) in [7, 11) is 0. The van der Waals surface area contributed by atoms with Crippen LogP contribution >= 0.6 is 11.9 Å². The van der Waals surface area contributed by atoms with Crippen LogP contribution in [-0.4, -0.2) is 16.2 Å². The Morgan fingerprint density at radius 2 is 2.50 bits per heavy atom. The third-order valence-electron chi connectivity index (χ3n) is 1.10. The topological polar surface area (TPSA) is 50.2 Å². The first-order valence-electron chi connectivity index (χ1n) is 2.72. The minimum absolute atomic E-state index is 0.874. The van der Waals surface area contributed by atoms with Crippen molar-refractivity contribution in [3.8, 4) is 0 Å². The van der Waals surface area contributed by atoms with E-state index in [-0.39, 0.29) is 0 Å². The van der Waals surface area contributed by atoms with Gasteiger partial charge in [0.25, 0.3) is 0 Å². The number of hydrazone groups is 1. The zero-order chi connectivity index (χ0) is 6.81. The van der Waals surface area contributed by atoms with E-state index in [2.05, 4.69) is 19.9 Å². The molecule has 2 rings (SSSR count). The maximum atomic E-state index is 4.00. The number of hydrogen-bond donors (Lipinski definition) is 1. The quantitative estimate of drug-likeness (QED) is 0.547. The first-order valence-corrected chi connectivity index (χ1v) is 3.53. The molecule has 0 fully saturated rings. The van der Waals surface area contributed by atoms with Crippen LogP contribution in [0.1, 0.15) is 5.69 Å². The van der Waals surface area contributed by atoms with E-state index in [4.69, 9.17) is 0 Å². The second kappa shape index (κ2) is 2.26. The van der Waals surface area contributed by atoms with Crippen molar-refractivity contribution >= 4 is 18.2 Å². The van der Waals surface area contributed by atoms with Gasteiger partial charge in [-0.3, -0.25) is 0 Å². The van der Waals surface area contributed by atoms with E-state index in [9.17, 15) is 0 Å². The van der Waals surface area contributed by atoms with Crippen molar-refractivity contribution in [1.29, 1.82) is 0 Å². The summed E-state index contributed by atoms with van der Waals surface area (Å²) < 4.78 is 0. The number of rotatable bonds is 0. The smallest absolute Gasteiger partial charge is 0.116 e. The highest BCUT2D eigenvalue weighted by Gasteiger charge is 2.04. The molecule has 0 spiro atoms. The molecule has 1 aromatic rings. The summed E-state index contributed by atoms with van der Waals surface area (Å²) in [5.74, 6) is 0. The molecule has 0 atom stereocenters. The summed E-state index contributed by atoms with van der Waals surface area (Å²) in [6.45, 7) is 0. The molecule has 0 saturated carbocycles. The van der Waals surface area contributed by atoms with E-state index in [1.54, 1.807) is 12.4 Å². The van der Waals surface area contributed by atoms with Gasteiger partial charge in [-0.15, -0.1) is 0 Å². The Morgan fingerprint density at radius 1 is 1.50 bits per heavy atom. The number of fused-ring (bicyclic) bond motifs is 1. The highest BCUT2D eigenvalue weighted by molar-refractivity contribution is 7.97. The van der Waals surface area contributed by atoms with Gasteiger partial charge in [-0.05, 0) is 0 Å². The summed E-state index contributed by atoms with van der Waals surface area (Å²) in [5.41, 5.74) is 0.874. The Hall–Kier alpha value is -1.10. The van der Waals surface area contributed by atoms with Gasteiger partial charge in [-0.25, -0.2) is 14.8 Å². The lowest BCUT2D eigenvalue weighted by Gasteiger charge is -2.05. The third kappa shape index (κ3) is 0.841. The molecule has 0 amide bonds. The van der Waals surface area contributed by atoms with Gasteiger partial charge in [-0.1, -0.05) is 0 Å². The summed E-state index contributed by atoms with van der Waals surface area (Å²) in [5, 5.41) is 3.82. The Balaban J connectivity index is 2.54. The molecule has 0 bridgehead atoms. The Morgan fingerprint density at radius 3 is 3.40 bits per heavy atom. The van der Waals surface area contributed by atoms with E-state index in [1.165, 1.54) is 18.3 Å². The molecule has 0 radical (unpaired) electrons. The lowest BCUT2D eigenvalue weighted by atomic mass is 10.4. The average Bonchev–Trinajstić information content (AvgIpc) is 2.05. The van der Waals surface area contributed by atoms with Crippen molar-refractivity contribution in [3.63, 3.8) is 0 Å². The van der Waals surface area contributed by atoms with Crippen molar-refractivity contribution in [1.82, 2.24) is 14.8 Å². The van der Waals surface area contributed by atoms with Crippen molar-refractivity contribution in [2.75, 3.05) is 0 Å². The molecule has 10 heavy (non-hydrogen) atoms. The predicted molar refractivity (Wildman–Crippen MR) is 38.6 cm³/mol. The maximum Gasteiger partial charge on any atom is 0.116 e. The summed E-state index contributed by atoms with van der Waals surface area (Å²) in [6, 6.07) is 0. The van der Waals surface area contributed by atoms with Gasteiger partial charge < -0.3 is 0 Å². The standard InChI is InChI=1S/C5H4N4S/c1-4-5(10-9-8-1)2-6-3-7-4/h1-3,9H. The van der Waals surface area contributed by atoms with Gasteiger partial charge in [0.15, 0.2) is 0 Å². The number of aromatic nitrogens is 2. The lowest BCUT2D eigenvalue weighted by Crippen LogP contribution is -2.04. The first-order chi connectivity index (χ1) is 4.97. The fourth-order valence-electron chi connectivity index (χ4n) is 0.665. The second-order valence-electron chi connectivity index (χ2n) is 1.72. The average molecular weight is 152 g/mol. The summed E-state index contributed by atoms with van der Waals surface area (Å²) in [6.07, 6.45) is 4.94. The van der Waals surface area contributed by atoms with Crippen LogP contribution in [0.25, 0.3) is 0 Å². The van der Waals surface area contributed by atoms with E-state index in [1.807, 2.05) is 0 Å². The molecule has 5 heteroatoms. The minimum atomic E-state index is 0.874. The molecule has 0 saturated heterocycles. The number of hydrogen-bond acceptors (Lipinski definition) is 5. The minimum Gasteiger partial charge on any atom is -0.247 e. The fourth-order valence-corrected chi connectivity index (χ4v) is 1.19. The summed E-state index contributed by atoms with van der Waals surface area (Å²) in [4.78, 5) is 11.6. The maximum absolute atomic E-state index is 4.00. The number of nitrogens with one attached hydrogen (secondary N) is 1. The Bertz CT molecular complexity index is 272. The summed E-state index contributed by atoms with van der Waals surface area (Å²) >= 11 is 1.42. The van der Waals surface area contributed by atoms with Gasteiger partial charge in [0.1, 0.15) is 12.0 Å². The van der Waals surface area contributed by atoms with Crippen LogP contribution in [0.4, 0.5) is 0 Å². The molecule has 1 N–H and O–H groups in total. The Kier molecular flexibility index (Phi) is 1.28. The van der Waals surface area contributed by atoms with Crippen LogP contribution < -0.4 is 4.83 Å². The Labute approximate surface area is 61.9 Å². The molecule has 0 aromatic carbocycles. The van der Waals surface area contributed by atoms with Crippen LogP contribution in [0, 0.1) is 0 Å². The van der Waals surface area contributed by atoms with Crippen molar-refractivity contribution in [3.05, 3.63) is 18.2 Å². The van der Waals surface area contributed by atoms with Crippen LogP contribution in [0.5, 0.6) is 0 Å². The molecule has 4 nitrogen and oxygen atoms in total. The predicted octanol–water partition coefficient (Wildman–Crippen LogP) is 0.421. The largest absolute Gasteiger partial charge is 0.247 e. The number of nitrogens with zero attached hydrogens (tertiary/aromatic N) is 3. The van der Waals surface area contributed by atoms with E-state index >= 15 is 0 Å². The molecule has 1 aliphatic rings. The first kappa shape index (κ1) is 5.67. The van der Waals surface area contributed by atoms with Gasteiger partial charge in [0.05, 0.1) is 11.1 Å². The van der Waals surface area contributed by atoms with Crippen LogP contribution in [0.2, 0.25) is 0 Å². The fraction of sp³-hybridized carbons (Fsp3) is 0. The highest BCUT2D eigenvalue weighted by Crippen LogP contribution is 2.17. The van der Waals surface area contributed by atoms with E-state index < -0.39 is 0 Å². The zero-order valence-electron chi connectivity index (χ0n) is 4.98. The monoisotopic (exact) mass is 152 g/mol. The van der Waals surface area contributed by atoms with Gasteiger partial charge in [0, 0.05) is 18.1 Å². The molecule has 0 aliphatic carbocycles. The van der Waals surface area contributed by atoms with Crippen LogP contribution in [0.15, 0.2) is 22.5 Å². The van der Waals surface area contributed by atoms with E-state index in [0.29, 0.717) is 0 Å². The van der Waals surface area contributed by atoms with Crippen molar-refractivity contribution < 1.29 is 0 Å². The normalized spacial score (nSPS) is 14.0. The zero-order valence-corrected chi connectivity index (χ0v) is 5.80. The molecule has 2 heterocycles. The molecule has 0 unspecified atom stereocenters. The van der Waals surface area contributed by atoms with Gasteiger partial charge >= 0.3 is 0 Å². The molecular formula is C5H4N4S. The second-order valence-corrected chi connectivity index (χ2v) is 2.55. The van der Waals surface area contributed by atoms with Gasteiger partial charge in [-0.2, -0.15) is 5.10 Å². The highest BCUT2D eigenvalue weighted by atomic mass is 32.2.